The van der Waals surface area contributed by atoms with E-state index < -0.39 is 0 Å². The molecule has 2 amide bonds. The van der Waals surface area contributed by atoms with Crippen LogP contribution in [0.15, 0.2) is 0 Å². The lowest BCUT2D eigenvalue weighted by Gasteiger charge is -2.39. The standard InChI is InChI=1S/C19H36N4O2.2ClH/c1-20-18(24)17(15-9-6-5-7-10-15)23-12-8-11-16(23)19(25)22(4)14-13-21(2)3;;/h15-17H,5-14H2,1-4H3,(H,20,24);2*1H/t16-,17+;;/m0../s1. The van der Waals surface area contributed by atoms with E-state index in [1.54, 1.807) is 7.05 Å². The van der Waals surface area contributed by atoms with Crippen molar-refractivity contribution in [1.82, 2.24) is 20.0 Å². The molecular weight excluding hydrogens is 387 g/mol. The lowest BCUT2D eigenvalue weighted by Crippen LogP contribution is -2.56. The minimum absolute atomic E-state index is 0. The summed E-state index contributed by atoms with van der Waals surface area (Å²) in [6, 6.07) is -0.291. The molecule has 1 heterocycles. The number of amides is 2. The summed E-state index contributed by atoms with van der Waals surface area (Å²) in [5.41, 5.74) is 0. The Morgan fingerprint density at radius 2 is 1.63 bits per heavy atom. The first-order valence-electron chi connectivity index (χ1n) is 9.82. The van der Waals surface area contributed by atoms with Crippen LogP contribution in [-0.4, -0.2) is 86.4 Å². The molecule has 2 aliphatic rings. The molecule has 1 saturated carbocycles. The van der Waals surface area contributed by atoms with Gasteiger partial charge in [0.2, 0.25) is 11.8 Å². The fraction of sp³-hybridized carbons (Fsp3) is 0.895. The number of hydrogen-bond donors (Lipinski definition) is 1. The quantitative estimate of drug-likeness (QED) is 0.678. The largest absolute Gasteiger partial charge is 0.358 e. The Kier molecular flexibility index (Phi) is 12.5. The van der Waals surface area contributed by atoms with Crippen molar-refractivity contribution in [1.29, 1.82) is 0 Å². The molecule has 1 aliphatic carbocycles. The number of halogens is 2. The monoisotopic (exact) mass is 424 g/mol. The molecule has 0 aromatic carbocycles. The van der Waals surface area contributed by atoms with Crippen molar-refractivity contribution >= 4 is 36.6 Å². The molecule has 0 spiro atoms. The minimum atomic E-state index is -0.149. The van der Waals surface area contributed by atoms with E-state index in [0.717, 1.165) is 45.3 Å². The van der Waals surface area contributed by atoms with E-state index in [1.807, 2.05) is 26.0 Å². The van der Waals surface area contributed by atoms with Crippen LogP contribution < -0.4 is 5.32 Å². The summed E-state index contributed by atoms with van der Waals surface area (Å²) in [7, 11) is 7.64. The molecule has 1 N–H and O–H groups in total. The molecule has 160 valence electrons. The van der Waals surface area contributed by atoms with Crippen molar-refractivity contribution in [3.8, 4) is 0 Å². The van der Waals surface area contributed by atoms with Gasteiger partial charge < -0.3 is 15.1 Å². The fourth-order valence-corrected chi connectivity index (χ4v) is 4.33. The zero-order valence-electron chi connectivity index (χ0n) is 17.3. The van der Waals surface area contributed by atoms with Gasteiger partial charge in [-0.1, -0.05) is 19.3 Å². The molecule has 0 radical (unpaired) electrons. The summed E-state index contributed by atoms with van der Waals surface area (Å²) in [4.78, 5) is 31.8. The van der Waals surface area contributed by atoms with Gasteiger partial charge in [0.1, 0.15) is 0 Å². The smallest absolute Gasteiger partial charge is 0.239 e. The van der Waals surface area contributed by atoms with Crippen LogP contribution >= 0.6 is 24.8 Å². The second-order valence-electron chi connectivity index (χ2n) is 7.92. The Morgan fingerprint density at radius 3 is 2.19 bits per heavy atom. The van der Waals surface area contributed by atoms with Gasteiger partial charge in [-0.25, -0.2) is 0 Å². The molecule has 1 saturated heterocycles. The van der Waals surface area contributed by atoms with Gasteiger partial charge in [0.25, 0.3) is 0 Å². The van der Waals surface area contributed by atoms with Gasteiger partial charge in [0, 0.05) is 27.2 Å². The summed E-state index contributed by atoms with van der Waals surface area (Å²) in [6.07, 6.45) is 7.74. The molecule has 27 heavy (non-hydrogen) atoms. The first kappa shape index (κ1) is 26.4. The van der Waals surface area contributed by atoms with Gasteiger partial charge in [0.05, 0.1) is 12.1 Å². The molecular formula is C19H38Cl2N4O2. The van der Waals surface area contributed by atoms with Crippen molar-refractivity contribution in [3.05, 3.63) is 0 Å². The highest BCUT2D eigenvalue weighted by Crippen LogP contribution is 2.33. The number of rotatable bonds is 7. The molecule has 2 rings (SSSR count). The van der Waals surface area contributed by atoms with Crippen molar-refractivity contribution in [2.75, 3.05) is 47.8 Å². The second kappa shape index (κ2) is 12.8. The number of carbonyl (C=O) groups is 2. The molecule has 1 aliphatic heterocycles. The summed E-state index contributed by atoms with van der Waals surface area (Å²) in [5.74, 6) is 0.640. The topological polar surface area (TPSA) is 55.9 Å². The third-order valence-corrected chi connectivity index (χ3v) is 5.81. The third kappa shape index (κ3) is 7.08. The van der Waals surface area contributed by atoms with E-state index in [0.29, 0.717) is 5.92 Å². The third-order valence-electron chi connectivity index (χ3n) is 5.81. The van der Waals surface area contributed by atoms with Gasteiger partial charge in [-0.2, -0.15) is 0 Å². The number of carbonyl (C=O) groups excluding carboxylic acids is 2. The molecule has 0 unspecified atom stereocenters. The Morgan fingerprint density at radius 1 is 1.00 bits per heavy atom. The van der Waals surface area contributed by atoms with Crippen LogP contribution in [0.4, 0.5) is 0 Å². The van der Waals surface area contributed by atoms with E-state index in [1.165, 1.54) is 19.3 Å². The minimum Gasteiger partial charge on any atom is -0.358 e. The van der Waals surface area contributed by atoms with Crippen LogP contribution in [0.25, 0.3) is 0 Å². The van der Waals surface area contributed by atoms with Crippen molar-refractivity contribution in [2.45, 2.75) is 57.0 Å². The molecule has 0 aromatic heterocycles. The number of likely N-dealkylation sites (tertiary alicyclic amines) is 1. The number of likely N-dealkylation sites (N-methyl/N-ethyl adjacent to an activating group) is 3. The highest BCUT2D eigenvalue weighted by Gasteiger charge is 2.42. The number of nitrogens with one attached hydrogen (secondary N) is 1. The van der Waals surface area contributed by atoms with Crippen LogP contribution in [-0.2, 0) is 9.59 Å². The van der Waals surface area contributed by atoms with Crippen LogP contribution in [0.3, 0.4) is 0 Å². The summed E-state index contributed by atoms with van der Waals surface area (Å²) in [6.45, 7) is 2.44. The zero-order valence-corrected chi connectivity index (χ0v) is 18.9. The fourth-order valence-electron chi connectivity index (χ4n) is 4.33. The van der Waals surface area contributed by atoms with E-state index >= 15 is 0 Å². The highest BCUT2D eigenvalue weighted by atomic mass is 35.5. The van der Waals surface area contributed by atoms with E-state index in [9.17, 15) is 9.59 Å². The van der Waals surface area contributed by atoms with Crippen molar-refractivity contribution in [2.24, 2.45) is 5.92 Å². The highest BCUT2D eigenvalue weighted by molar-refractivity contribution is 5.86. The van der Waals surface area contributed by atoms with E-state index in [-0.39, 0.29) is 48.7 Å². The lowest BCUT2D eigenvalue weighted by atomic mass is 9.82. The molecule has 6 nitrogen and oxygen atoms in total. The van der Waals surface area contributed by atoms with Gasteiger partial charge in [-0.05, 0) is 52.2 Å². The van der Waals surface area contributed by atoms with Crippen LogP contribution in [0.1, 0.15) is 44.9 Å². The average Bonchev–Trinajstić information content (AvgIpc) is 3.09. The van der Waals surface area contributed by atoms with Crippen molar-refractivity contribution in [3.63, 3.8) is 0 Å². The SMILES string of the molecule is CNC(=O)[C@@H](C1CCCCC1)N1CCC[C@H]1C(=O)N(C)CCN(C)C.Cl.Cl. The normalized spacial score (nSPS) is 21.9. The van der Waals surface area contributed by atoms with Gasteiger partial charge >= 0.3 is 0 Å². The first-order chi connectivity index (χ1) is 12.0. The lowest BCUT2D eigenvalue weighted by molar-refractivity contribution is -0.139. The van der Waals surface area contributed by atoms with E-state index in [4.69, 9.17) is 0 Å². The zero-order chi connectivity index (χ0) is 18.4. The average molecular weight is 425 g/mol. The van der Waals surface area contributed by atoms with Gasteiger partial charge in [-0.3, -0.25) is 14.5 Å². The Labute approximate surface area is 177 Å². The van der Waals surface area contributed by atoms with Crippen LogP contribution in [0.2, 0.25) is 0 Å². The van der Waals surface area contributed by atoms with Crippen LogP contribution in [0.5, 0.6) is 0 Å². The van der Waals surface area contributed by atoms with Gasteiger partial charge in [-0.15, -0.1) is 24.8 Å². The molecule has 2 fully saturated rings. The molecule has 0 bridgehead atoms. The van der Waals surface area contributed by atoms with Crippen LogP contribution in [0, 0.1) is 5.92 Å². The Bertz CT molecular complexity index is 459. The first-order valence-corrected chi connectivity index (χ1v) is 9.82. The summed E-state index contributed by atoms with van der Waals surface area (Å²) < 4.78 is 0. The maximum absolute atomic E-state index is 13.0. The Hall–Kier alpha value is -0.560. The van der Waals surface area contributed by atoms with E-state index in [2.05, 4.69) is 15.1 Å². The molecule has 0 aromatic rings. The predicted molar refractivity (Wildman–Crippen MR) is 115 cm³/mol. The summed E-state index contributed by atoms with van der Waals surface area (Å²) >= 11 is 0. The number of nitrogens with zero attached hydrogens (tertiary/aromatic N) is 3. The molecule has 8 heteroatoms. The predicted octanol–water partition coefficient (Wildman–Crippen LogP) is 2.01. The summed E-state index contributed by atoms with van der Waals surface area (Å²) in [5, 5.41) is 2.86. The molecule has 2 atom stereocenters. The van der Waals surface area contributed by atoms with Gasteiger partial charge in [0.15, 0.2) is 0 Å². The maximum atomic E-state index is 13.0. The second-order valence-corrected chi connectivity index (χ2v) is 7.92. The van der Waals surface area contributed by atoms with Crippen molar-refractivity contribution < 1.29 is 9.59 Å². The maximum Gasteiger partial charge on any atom is 0.239 e. The number of hydrogen-bond acceptors (Lipinski definition) is 4. The Balaban J connectivity index is 0.00000338.